The smallest absolute Gasteiger partial charge is 0.317 e. The van der Waals surface area contributed by atoms with Gasteiger partial charge >= 0.3 is 12.0 Å². The number of nitrogens with one attached hydrogen (secondary N) is 1. The molecule has 0 bridgehead atoms. The molecular formula is C12H24N2O3S. The standard InChI is InChI=1S/C12H24N2O3S/c1-11(2,9(15)16)12(3,4)13-10(17)14(5)7-8-18-6/h7-8H2,1-6H3,(H,13,17)(H,15,16). The van der Waals surface area contributed by atoms with E-state index in [9.17, 15) is 14.7 Å². The lowest BCUT2D eigenvalue weighted by Crippen LogP contribution is -2.59. The molecule has 6 heteroatoms. The van der Waals surface area contributed by atoms with Gasteiger partial charge in [0.15, 0.2) is 0 Å². The lowest BCUT2D eigenvalue weighted by atomic mass is 9.74. The fourth-order valence-electron chi connectivity index (χ4n) is 1.12. The highest BCUT2D eigenvalue weighted by atomic mass is 32.2. The monoisotopic (exact) mass is 276 g/mol. The Bertz CT molecular complexity index is 316. The summed E-state index contributed by atoms with van der Waals surface area (Å²) < 4.78 is 0. The van der Waals surface area contributed by atoms with Gasteiger partial charge in [-0.05, 0) is 34.0 Å². The number of carboxylic acid groups (broad SMARTS) is 1. The molecule has 0 rings (SSSR count). The van der Waals surface area contributed by atoms with Crippen LogP contribution in [0, 0.1) is 5.41 Å². The van der Waals surface area contributed by atoms with Gasteiger partial charge in [0, 0.05) is 19.3 Å². The van der Waals surface area contributed by atoms with E-state index in [1.807, 2.05) is 6.26 Å². The summed E-state index contributed by atoms with van der Waals surface area (Å²) in [5.74, 6) is -0.0771. The predicted molar refractivity (Wildman–Crippen MR) is 75.0 cm³/mol. The van der Waals surface area contributed by atoms with Crippen molar-refractivity contribution in [2.75, 3.05) is 25.6 Å². The zero-order valence-corrected chi connectivity index (χ0v) is 12.8. The molecule has 0 unspecified atom stereocenters. The van der Waals surface area contributed by atoms with Gasteiger partial charge in [-0.25, -0.2) is 4.79 Å². The first-order valence-electron chi connectivity index (χ1n) is 5.82. The molecule has 0 aromatic carbocycles. The molecule has 0 aliphatic carbocycles. The molecule has 0 spiro atoms. The molecule has 106 valence electrons. The van der Waals surface area contributed by atoms with Crippen molar-refractivity contribution in [2.24, 2.45) is 5.41 Å². The molecule has 18 heavy (non-hydrogen) atoms. The molecule has 0 atom stereocenters. The Hall–Kier alpha value is -0.910. The highest BCUT2D eigenvalue weighted by Crippen LogP contribution is 2.30. The third kappa shape index (κ3) is 4.08. The second-order valence-corrected chi connectivity index (χ2v) is 6.39. The van der Waals surface area contributed by atoms with E-state index < -0.39 is 16.9 Å². The number of thioether (sulfide) groups is 1. The molecule has 0 fully saturated rings. The van der Waals surface area contributed by atoms with Gasteiger partial charge in [-0.1, -0.05) is 0 Å². The summed E-state index contributed by atoms with van der Waals surface area (Å²) in [6.07, 6.45) is 1.98. The first kappa shape index (κ1) is 17.1. The molecule has 5 nitrogen and oxygen atoms in total. The van der Waals surface area contributed by atoms with Crippen LogP contribution in [0.15, 0.2) is 0 Å². The van der Waals surface area contributed by atoms with E-state index in [1.54, 1.807) is 51.4 Å². The van der Waals surface area contributed by atoms with Crippen molar-refractivity contribution in [3.63, 3.8) is 0 Å². The van der Waals surface area contributed by atoms with Gasteiger partial charge < -0.3 is 15.3 Å². The molecule has 0 aromatic heterocycles. The van der Waals surface area contributed by atoms with E-state index in [1.165, 1.54) is 0 Å². The number of rotatable bonds is 6. The van der Waals surface area contributed by atoms with Crippen molar-refractivity contribution >= 4 is 23.8 Å². The van der Waals surface area contributed by atoms with Crippen LogP contribution in [-0.4, -0.2) is 53.1 Å². The van der Waals surface area contributed by atoms with E-state index in [-0.39, 0.29) is 6.03 Å². The summed E-state index contributed by atoms with van der Waals surface area (Å²) in [5.41, 5.74) is -1.87. The maximum Gasteiger partial charge on any atom is 0.317 e. The Labute approximate surface area is 113 Å². The molecule has 0 radical (unpaired) electrons. The summed E-state index contributed by atoms with van der Waals surface area (Å²) >= 11 is 1.66. The highest BCUT2D eigenvalue weighted by molar-refractivity contribution is 7.98. The van der Waals surface area contributed by atoms with Crippen molar-refractivity contribution in [1.29, 1.82) is 0 Å². The Kier molecular flexibility index (Phi) is 5.99. The third-order valence-electron chi connectivity index (χ3n) is 3.49. The number of hydrogen-bond donors (Lipinski definition) is 2. The van der Waals surface area contributed by atoms with Gasteiger partial charge in [-0.15, -0.1) is 0 Å². The SMILES string of the molecule is CSCCN(C)C(=O)NC(C)(C)C(C)(C)C(=O)O. The minimum Gasteiger partial charge on any atom is -0.481 e. The van der Waals surface area contributed by atoms with Crippen molar-refractivity contribution in [3.8, 4) is 0 Å². The van der Waals surface area contributed by atoms with Gasteiger partial charge in [0.1, 0.15) is 0 Å². The summed E-state index contributed by atoms with van der Waals surface area (Å²) in [4.78, 5) is 24.7. The predicted octanol–water partition coefficient (Wildman–Crippen LogP) is 1.88. The van der Waals surface area contributed by atoms with E-state index >= 15 is 0 Å². The largest absolute Gasteiger partial charge is 0.481 e. The average Bonchev–Trinajstić information content (AvgIpc) is 2.24. The number of carbonyl (C=O) groups excluding carboxylic acids is 1. The number of urea groups is 1. The van der Waals surface area contributed by atoms with Crippen LogP contribution in [-0.2, 0) is 4.79 Å². The fourth-order valence-corrected chi connectivity index (χ4v) is 1.57. The Morgan fingerprint density at radius 2 is 1.78 bits per heavy atom. The average molecular weight is 276 g/mol. The van der Waals surface area contributed by atoms with Crippen LogP contribution in [0.2, 0.25) is 0 Å². The number of aliphatic carboxylic acids is 1. The van der Waals surface area contributed by atoms with E-state index in [0.717, 1.165) is 5.75 Å². The van der Waals surface area contributed by atoms with Gasteiger partial charge in [0.25, 0.3) is 0 Å². The van der Waals surface area contributed by atoms with E-state index in [4.69, 9.17) is 0 Å². The van der Waals surface area contributed by atoms with Crippen LogP contribution in [0.5, 0.6) is 0 Å². The normalized spacial score (nSPS) is 12.1. The summed E-state index contributed by atoms with van der Waals surface area (Å²) in [6, 6.07) is -0.247. The number of hydrogen-bond acceptors (Lipinski definition) is 3. The topological polar surface area (TPSA) is 69.6 Å². The first-order valence-corrected chi connectivity index (χ1v) is 7.21. The highest BCUT2D eigenvalue weighted by Gasteiger charge is 2.44. The lowest BCUT2D eigenvalue weighted by molar-refractivity contribution is -0.150. The molecule has 0 saturated heterocycles. The quantitative estimate of drug-likeness (QED) is 0.777. The van der Waals surface area contributed by atoms with Crippen LogP contribution in [0.1, 0.15) is 27.7 Å². The van der Waals surface area contributed by atoms with Gasteiger partial charge in [0.05, 0.1) is 11.0 Å². The zero-order chi connectivity index (χ0) is 14.6. The molecule has 2 amide bonds. The summed E-state index contributed by atoms with van der Waals surface area (Å²) in [6.45, 7) is 7.30. The summed E-state index contributed by atoms with van der Waals surface area (Å²) in [5, 5.41) is 12.0. The maximum absolute atomic E-state index is 11.9. The maximum atomic E-state index is 11.9. The van der Waals surface area contributed by atoms with Crippen LogP contribution in [0.4, 0.5) is 4.79 Å². The minimum atomic E-state index is -1.04. The Morgan fingerprint density at radius 1 is 1.28 bits per heavy atom. The fraction of sp³-hybridized carbons (Fsp3) is 0.833. The number of nitrogens with zero attached hydrogens (tertiary/aromatic N) is 1. The third-order valence-corrected chi connectivity index (χ3v) is 4.08. The van der Waals surface area contributed by atoms with Gasteiger partial charge in [0.2, 0.25) is 0 Å². The van der Waals surface area contributed by atoms with Crippen LogP contribution in [0.25, 0.3) is 0 Å². The Morgan fingerprint density at radius 3 is 2.17 bits per heavy atom. The Balaban J connectivity index is 4.67. The second kappa shape index (κ2) is 6.31. The van der Waals surface area contributed by atoms with Crippen LogP contribution in [0.3, 0.4) is 0 Å². The minimum absolute atomic E-state index is 0.247. The number of amides is 2. The molecule has 0 aliphatic rings. The van der Waals surface area contributed by atoms with Gasteiger partial charge in [-0.3, -0.25) is 4.79 Å². The number of carbonyl (C=O) groups is 2. The molecule has 0 aromatic rings. The van der Waals surface area contributed by atoms with Crippen LogP contribution < -0.4 is 5.32 Å². The van der Waals surface area contributed by atoms with Crippen molar-refractivity contribution in [3.05, 3.63) is 0 Å². The van der Waals surface area contributed by atoms with Crippen molar-refractivity contribution < 1.29 is 14.7 Å². The molecule has 0 heterocycles. The van der Waals surface area contributed by atoms with Crippen molar-refractivity contribution in [1.82, 2.24) is 10.2 Å². The molecule has 2 N–H and O–H groups in total. The zero-order valence-electron chi connectivity index (χ0n) is 12.0. The van der Waals surface area contributed by atoms with E-state index in [0.29, 0.717) is 6.54 Å². The van der Waals surface area contributed by atoms with Crippen LogP contribution >= 0.6 is 11.8 Å². The molecule has 0 saturated carbocycles. The van der Waals surface area contributed by atoms with Gasteiger partial charge in [-0.2, -0.15) is 11.8 Å². The molecule has 0 aliphatic heterocycles. The molecular weight excluding hydrogens is 252 g/mol. The summed E-state index contributed by atoms with van der Waals surface area (Å²) in [7, 11) is 1.70. The number of carboxylic acids is 1. The first-order chi connectivity index (χ1) is 8.06. The van der Waals surface area contributed by atoms with Crippen molar-refractivity contribution in [2.45, 2.75) is 33.2 Å². The second-order valence-electron chi connectivity index (χ2n) is 5.40. The van der Waals surface area contributed by atoms with E-state index in [2.05, 4.69) is 5.32 Å². The lowest BCUT2D eigenvalue weighted by Gasteiger charge is -2.39.